The van der Waals surface area contributed by atoms with Gasteiger partial charge in [0.05, 0.1) is 5.92 Å². The predicted molar refractivity (Wildman–Crippen MR) is 57.8 cm³/mol. The van der Waals surface area contributed by atoms with Crippen LogP contribution in [-0.4, -0.2) is 17.0 Å². The maximum absolute atomic E-state index is 11.3. The second kappa shape index (κ2) is 3.66. The summed E-state index contributed by atoms with van der Waals surface area (Å²) in [5, 5.41) is 11.6. The number of halogens is 1. The minimum Gasteiger partial charge on any atom is -0.481 e. The number of hydrogen-bond acceptors (Lipinski definition) is 2. The largest absolute Gasteiger partial charge is 0.481 e. The second-order valence-electron chi connectivity index (χ2n) is 3.37. The Labute approximate surface area is 94.4 Å². The molecule has 1 aliphatic heterocycles. The normalized spacial score (nSPS) is 19.3. The van der Waals surface area contributed by atoms with Gasteiger partial charge < -0.3 is 10.4 Å². The summed E-state index contributed by atoms with van der Waals surface area (Å²) in [4.78, 5) is 22.2. The van der Waals surface area contributed by atoms with E-state index in [0.29, 0.717) is 11.3 Å². The van der Waals surface area contributed by atoms with Gasteiger partial charge in [-0.05, 0) is 17.7 Å². The monoisotopic (exact) mass is 269 g/mol. The fourth-order valence-electron chi connectivity index (χ4n) is 1.66. The highest BCUT2D eigenvalue weighted by Gasteiger charge is 2.30. The third kappa shape index (κ3) is 1.87. The van der Waals surface area contributed by atoms with Gasteiger partial charge in [-0.25, -0.2) is 0 Å². The van der Waals surface area contributed by atoms with Gasteiger partial charge in [-0.3, -0.25) is 9.59 Å². The molecule has 78 valence electrons. The van der Waals surface area contributed by atoms with Crippen molar-refractivity contribution >= 4 is 33.5 Å². The molecule has 1 heterocycles. The van der Waals surface area contributed by atoms with Crippen molar-refractivity contribution in [2.45, 2.75) is 12.3 Å². The van der Waals surface area contributed by atoms with Crippen molar-refractivity contribution in [1.82, 2.24) is 0 Å². The number of carbonyl (C=O) groups excluding carboxylic acids is 1. The van der Waals surface area contributed by atoms with Crippen molar-refractivity contribution in [3.05, 3.63) is 28.2 Å². The summed E-state index contributed by atoms with van der Waals surface area (Å²) in [6, 6.07) is 5.20. The Bertz CT molecular complexity index is 444. The second-order valence-corrected chi connectivity index (χ2v) is 4.29. The zero-order valence-corrected chi connectivity index (χ0v) is 9.24. The molecule has 4 nitrogen and oxygen atoms in total. The average Bonchev–Trinajstić information content (AvgIpc) is 2.15. The van der Waals surface area contributed by atoms with Crippen LogP contribution in [0.5, 0.6) is 0 Å². The lowest BCUT2D eigenvalue weighted by Gasteiger charge is -2.22. The van der Waals surface area contributed by atoms with Crippen LogP contribution in [0.4, 0.5) is 5.69 Å². The van der Waals surface area contributed by atoms with Crippen LogP contribution in [0.3, 0.4) is 0 Å². The van der Waals surface area contributed by atoms with Crippen LogP contribution < -0.4 is 5.32 Å². The van der Waals surface area contributed by atoms with Crippen LogP contribution in [0.2, 0.25) is 0 Å². The van der Waals surface area contributed by atoms with Crippen molar-refractivity contribution < 1.29 is 14.7 Å². The van der Waals surface area contributed by atoms with Crippen LogP contribution in [-0.2, 0) is 9.59 Å². The Balaban J connectivity index is 2.51. The fraction of sp³-hybridized carbons (Fsp3) is 0.200. The van der Waals surface area contributed by atoms with Gasteiger partial charge in [0.2, 0.25) is 5.91 Å². The minimum atomic E-state index is -0.964. The lowest BCUT2D eigenvalue weighted by molar-refractivity contribution is -0.140. The van der Waals surface area contributed by atoms with E-state index in [0.717, 1.165) is 4.47 Å². The van der Waals surface area contributed by atoms with E-state index in [-0.39, 0.29) is 12.3 Å². The molecule has 1 aromatic rings. The van der Waals surface area contributed by atoms with E-state index in [1.807, 2.05) is 0 Å². The first-order chi connectivity index (χ1) is 7.08. The van der Waals surface area contributed by atoms with Crippen LogP contribution in [0.25, 0.3) is 0 Å². The van der Waals surface area contributed by atoms with Crippen LogP contribution in [0.15, 0.2) is 22.7 Å². The molecule has 1 atom stereocenters. The first kappa shape index (κ1) is 10.2. The number of nitrogens with one attached hydrogen (secondary N) is 1. The van der Waals surface area contributed by atoms with E-state index < -0.39 is 11.9 Å². The lowest BCUT2D eigenvalue weighted by atomic mass is 9.91. The summed E-state index contributed by atoms with van der Waals surface area (Å²) >= 11 is 3.27. The Morgan fingerprint density at radius 2 is 2.27 bits per heavy atom. The van der Waals surface area contributed by atoms with Gasteiger partial charge in [-0.1, -0.05) is 22.0 Å². The van der Waals surface area contributed by atoms with Gasteiger partial charge in [0, 0.05) is 16.6 Å². The number of amides is 1. The summed E-state index contributed by atoms with van der Waals surface area (Å²) < 4.78 is 0.813. The Kier molecular flexibility index (Phi) is 2.48. The summed E-state index contributed by atoms with van der Waals surface area (Å²) in [5.74, 6) is -1.96. The summed E-state index contributed by atoms with van der Waals surface area (Å²) in [6.45, 7) is 0. The molecule has 0 fully saturated rings. The predicted octanol–water partition coefficient (Wildman–Crippen LogP) is 1.96. The molecule has 0 aromatic heterocycles. The maximum atomic E-state index is 11.3. The molecule has 0 saturated heterocycles. The topological polar surface area (TPSA) is 66.4 Å². The zero-order valence-electron chi connectivity index (χ0n) is 7.66. The van der Waals surface area contributed by atoms with Crippen molar-refractivity contribution in [3.8, 4) is 0 Å². The smallest absolute Gasteiger partial charge is 0.311 e. The van der Waals surface area contributed by atoms with E-state index in [1.165, 1.54) is 0 Å². The van der Waals surface area contributed by atoms with Gasteiger partial charge in [0.15, 0.2) is 0 Å². The molecule has 1 aliphatic rings. The number of hydrogen-bond donors (Lipinski definition) is 2. The van der Waals surface area contributed by atoms with E-state index in [9.17, 15) is 9.59 Å². The SMILES string of the molecule is O=C1CC(C(=O)O)c2ccc(Br)cc2N1. The molecule has 0 aliphatic carbocycles. The molecule has 0 saturated carbocycles. The summed E-state index contributed by atoms with van der Waals surface area (Å²) in [5.41, 5.74) is 1.23. The first-order valence-electron chi connectivity index (χ1n) is 4.40. The Morgan fingerprint density at radius 1 is 1.53 bits per heavy atom. The molecule has 2 N–H and O–H groups in total. The maximum Gasteiger partial charge on any atom is 0.311 e. The van der Waals surface area contributed by atoms with E-state index >= 15 is 0 Å². The summed E-state index contributed by atoms with van der Waals surface area (Å²) in [6.07, 6.45) is 0.00393. The third-order valence-corrected chi connectivity index (χ3v) is 2.85. The van der Waals surface area contributed by atoms with Crippen LogP contribution in [0, 0.1) is 0 Å². The van der Waals surface area contributed by atoms with Gasteiger partial charge in [-0.2, -0.15) is 0 Å². The zero-order chi connectivity index (χ0) is 11.0. The number of benzene rings is 1. The van der Waals surface area contributed by atoms with Gasteiger partial charge in [0.1, 0.15) is 0 Å². The highest BCUT2D eigenvalue weighted by Crippen LogP contribution is 2.34. The van der Waals surface area contributed by atoms with Crippen molar-refractivity contribution in [2.75, 3.05) is 5.32 Å². The molecular weight excluding hydrogens is 262 g/mol. The van der Waals surface area contributed by atoms with Gasteiger partial charge in [-0.15, -0.1) is 0 Å². The minimum absolute atomic E-state index is 0.00393. The van der Waals surface area contributed by atoms with Gasteiger partial charge >= 0.3 is 5.97 Å². The standard InChI is InChI=1S/C10H8BrNO3/c11-5-1-2-6-7(10(14)15)4-9(13)12-8(6)3-5/h1-3,7H,4H2,(H,12,13)(H,14,15). The summed E-state index contributed by atoms with van der Waals surface area (Å²) in [7, 11) is 0. The van der Waals surface area contributed by atoms with Crippen molar-refractivity contribution in [2.24, 2.45) is 0 Å². The van der Waals surface area contributed by atoms with Gasteiger partial charge in [0.25, 0.3) is 0 Å². The van der Waals surface area contributed by atoms with Crippen LogP contribution in [0.1, 0.15) is 17.9 Å². The van der Waals surface area contributed by atoms with Crippen molar-refractivity contribution in [1.29, 1.82) is 0 Å². The molecule has 0 radical (unpaired) electrons. The van der Waals surface area contributed by atoms with Crippen molar-refractivity contribution in [3.63, 3.8) is 0 Å². The lowest BCUT2D eigenvalue weighted by Crippen LogP contribution is -2.27. The number of rotatable bonds is 1. The van der Waals surface area contributed by atoms with E-state index in [2.05, 4.69) is 21.2 Å². The number of carboxylic acid groups (broad SMARTS) is 1. The quantitative estimate of drug-likeness (QED) is 0.819. The highest BCUT2D eigenvalue weighted by molar-refractivity contribution is 9.10. The van der Waals surface area contributed by atoms with Crippen LogP contribution >= 0.6 is 15.9 Å². The molecule has 0 spiro atoms. The number of fused-ring (bicyclic) bond motifs is 1. The molecule has 1 amide bonds. The molecular formula is C10H8BrNO3. The Morgan fingerprint density at radius 3 is 2.93 bits per heavy atom. The molecule has 1 unspecified atom stereocenters. The third-order valence-electron chi connectivity index (χ3n) is 2.35. The molecule has 1 aromatic carbocycles. The number of carboxylic acids is 1. The molecule has 15 heavy (non-hydrogen) atoms. The Hall–Kier alpha value is -1.36. The molecule has 0 bridgehead atoms. The highest BCUT2D eigenvalue weighted by atomic mass is 79.9. The number of carbonyl (C=O) groups is 2. The number of aliphatic carboxylic acids is 1. The first-order valence-corrected chi connectivity index (χ1v) is 5.19. The molecule has 5 heteroatoms. The fourth-order valence-corrected chi connectivity index (χ4v) is 2.02. The number of anilines is 1. The average molecular weight is 270 g/mol. The molecule has 2 rings (SSSR count). The van der Waals surface area contributed by atoms with E-state index in [4.69, 9.17) is 5.11 Å². The van der Waals surface area contributed by atoms with E-state index in [1.54, 1.807) is 18.2 Å².